The lowest BCUT2D eigenvalue weighted by Gasteiger charge is -2.12. The van der Waals surface area contributed by atoms with Gasteiger partial charge in [0.2, 0.25) is 0 Å². The number of benzene rings is 2. The van der Waals surface area contributed by atoms with Crippen LogP contribution in [0.3, 0.4) is 0 Å². The van der Waals surface area contributed by atoms with Crippen molar-refractivity contribution in [3.8, 4) is 0 Å². The molecule has 12 heteroatoms. The van der Waals surface area contributed by atoms with Crippen molar-refractivity contribution >= 4 is 38.8 Å². The monoisotopic (exact) mass is 462 g/mol. The zero-order valence-electron chi connectivity index (χ0n) is 17.2. The van der Waals surface area contributed by atoms with Gasteiger partial charge >= 0.3 is 6.03 Å². The zero-order chi connectivity index (χ0) is 23.3. The summed E-state index contributed by atoms with van der Waals surface area (Å²) in [4.78, 5) is 34.5. The predicted octanol–water partition coefficient (Wildman–Crippen LogP) is 2.55. The van der Waals surface area contributed by atoms with Gasteiger partial charge in [0.1, 0.15) is 0 Å². The number of hydrogen-bond acceptors (Lipinski definition) is 7. The normalized spacial score (nSPS) is 15.7. The number of nitro groups is 1. The number of hydrogen-bond donors (Lipinski definition) is 3. The first-order valence-corrected chi connectivity index (χ1v) is 11.6. The van der Waals surface area contributed by atoms with Crippen molar-refractivity contribution in [2.75, 3.05) is 30.0 Å². The maximum atomic E-state index is 12.5. The van der Waals surface area contributed by atoms with Crippen LogP contribution in [0.25, 0.3) is 0 Å². The molecule has 1 heterocycles. The Morgan fingerprint density at radius 1 is 1.12 bits per heavy atom. The summed E-state index contributed by atoms with van der Waals surface area (Å²) in [5.74, 6) is -0.714. The minimum Gasteiger partial charge on any atom is -0.376 e. The molecule has 0 spiro atoms. The van der Waals surface area contributed by atoms with E-state index in [9.17, 15) is 28.1 Å². The summed E-state index contributed by atoms with van der Waals surface area (Å²) >= 11 is 0. The SMILES string of the molecule is CS(=O)(=O)c1cc(C(=O)Nc2ccc(NC(=O)NCC3CCCO3)cc2)cc([N+](=O)[O-])c1. The highest BCUT2D eigenvalue weighted by molar-refractivity contribution is 7.90. The van der Waals surface area contributed by atoms with Gasteiger partial charge in [-0.1, -0.05) is 0 Å². The van der Waals surface area contributed by atoms with Crippen LogP contribution < -0.4 is 16.0 Å². The standard InChI is InChI=1S/C20H22N4O7S/c1-32(29,30)18-10-13(9-16(11-18)24(27)28)19(25)22-14-4-6-15(7-5-14)23-20(26)21-12-17-3-2-8-31-17/h4-7,9-11,17H,2-3,8,12H2,1H3,(H,22,25)(H2,21,23,26). The lowest BCUT2D eigenvalue weighted by atomic mass is 10.2. The third-order valence-corrected chi connectivity index (χ3v) is 5.80. The third kappa shape index (κ3) is 6.25. The molecule has 2 aromatic carbocycles. The topological polar surface area (TPSA) is 157 Å². The van der Waals surface area contributed by atoms with E-state index in [4.69, 9.17) is 4.74 Å². The molecular formula is C20H22N4O7S. The number of anilines is 2. The Balaban J connectivity index is 1.63. The molecule has 0 radical (unpaired) electrons. The van der Waals surface area contributed by atoms with E-state index in [1.165, 1.54) is 12.1 Å². The molecule has 0 aliphatic carbocycles. The Morgan fingerprint density at radius 3 is 2.34 bits per heavy atom. The van der Waals surface area contributed by atoms with Gasteiger partial charge in [0.25, 0.3) is 11.6 Å². The number of nitro benzene ring substituents is 1. The summed E-state index contributed by atoms with van der Waals surface area (Å²) < 4.78 is 29.0. The molecule has 2 aromatic rings. The van der Waals surface area contributed by atoms with Crippen LogP contribution in [0, 0.1) is 10.1 Å². The van der Waals surface area contributed by atoms with Gasteiger partial charge in [-0.2, -0.15) is 0 Å². The minimum atomic E-state index is -3.75. The second-order valence-corrected chi connectivity index (χ2v) is 9.26. The molecule has 1 aliphatic heterocycles. The van der Waals surface area contributed by atoms with Gasteiger partial charge in [0, 0.05) is 48.5 Å². The molecule has 1 aliphatic rings. The first-order chi connectivity index (χ1) is 15.1. The smallest absolute Gasteiger partial charge is 0.319 e. The fourth-order valence-electron chi connectivity index (χ4n) is 3.06. The molecular weight excluding hydrogens is 440 g/mol. The average molecular weight is 462 g/mol. The first-order valence-electron chi connectivity index (χ1n) is 9.69. The highest BCUT2D eigenvalue weighted by Gasteiger charge is 2.19. The van der Waals surface area contributed by atoms with Gasteiger partial charge in [-0.05, 0) is 43.2 Å². The maximum absolute atomic E-state index is 12.5. The number of nitrogens with zero attached hydrogens (tertiary/aromatic N) is 1. The second kappa shape index (κ2) is 9.75. The number of nitrogens with one attached hydrogen (secondary N) is 3. The van der Waals surface area contributed by atoms with Crippen molar-refractivity contribution in [3.05, 3.63) is 58.1 Å². The number of rotatable bonds is 7. The summed E-state index contributed by atoms with van der Waals surface area (Å²) in [5, 5.41) is 19.0. The molecule has 1 fully saturated rings. The van der Waals surface area contributed by atoms with E-state index in [-0.39, 0.29) is 22.6 Å². The molecule has 0 bridgehead atoms. The molecule has 0 aromatic heterocycles. The van der Waals surface area contributed by atoms with Crippen LogP contribution in [-0.4, -0.2) is 50.8 Å². The number of sulfone groups is 1. The number of urea groups is 1. The molecule has 1 unspecified atom stereocenters. The van der Waals surface area contributed by atoms with Crippen LogP contribution in [0.15, 0.2) is 47.4 Å². The average Bonchev–Trinajstić information content (AvgIpc) is 3.26. The minimum absolute atomic E-state index is 0.0235. The zero-order valence-corrected chi connectivity index (χ0v) is 18.0. The largest absolute Gasteiger partial charge is 0.376 e. The number of carbonyl (C=O) groups is 2. The highest BCUT2D eigenvalue weighted by Crippen LogP contribution is 2.22. The van der Waals surface area contributed by atoms with Crippen molar-refractivity contribution < 1.29 is 27.7 Å². The van der Waals surface area contributed by atoms with Gasteiger partial charge in [-0.3, -0.25) is 14.9 Å². The van der Waals surface area contributed by atoms with Gasteiger partial charge in [-0.25, -0.2) is 13.2 Å². The van der Waals surface area contributed by atoms with E-state index in [2.05, 4.69) is 16.0 Å². The molecule has 3 rings (SSSR count). The molecule has 3 amide bonds. The Bertz CT molecular complexity index is 1130. The molecule has 3 N–H and O–H groups in total. The van der Waals surface area contributed by atoms with Gasteiger partial charge in [-0.15, -0.1) is 0 Å². The molecule has 1 atom stereocenters. The van der Waals surface area contributed by atoms with Crippen molar-refractivity contribution in [1.29, 1.82) is 0 Å². The molecule has 32 heavy (non-hydrogen) atoms. The van der Waals surface area contributed by atoms with Crippen molar-refractivity contribution in [2.45, 2.75) is 23.8 Å². The molecule has 1 saturated heterocycles. The van der Waals surface area contributed by atoms with Gasteiger partial charge in [0.05, 0.1) is 15.9 Å². The Labute approximate surface area is 184 Å². The summed E-state index contributed by atoms with van der Waals surface area (Å²) in [5.41, 5.74) is 0.164. The van der Waals surface area contributed by atoms with Crippen molar-refractivity contribution in [2.24, 2.45) is 0 Å². The quantitative estimate of drug-likeness (QED) is 0.421. The molecule has 11 nitrogen and oxygen atoms in total. The Kier molecular flexibility index (Phi) is 7.05. The van der Waals surface area contributed by atoms with Crippen LogP contribution in [0.2, 0.25) is 0 Å². The maximum Gasteiger partial charge on any atom is 0.319 e. The Morgan fingerprint density at radius 2 is 1.78 bits per heavy atom. The van der Waals surface area contributed by atoms with Crippen LogP contribution >= 0.6 is 0 Å². The van der Waals surface area contributed by atoms with E-state index in [1.807, 2.05) is 0 Å². The first kappa shape index (κ1) is 23.2. The fourth-order valence-corrected chi connectivity index (χ4v) is 3.74. The van der Waals surface area contributed by atoms with Crippen molar-refractivity contribution in [3.63, 3.8) is 0 Å². The highest BCUT2D eigenvalue weighted by atomic mass is 32.2. The predicted molar refractivity (Wildman–Crippen MR) is 117 cm³/mol. The lowest BCUT2D eigenvalue weighted by Crippen LogP contribution is -2.35. The van der Waals surface area contributed by atoms with E-state index in [0.29, 0.717) is 24.5 Å². The van der Waals surface area contributed by atoms with Crippen LogP contribution in [0.5, 0.6) is 0 Å². The lowest BCUT2D eigenvalue weighted by molar-refractivity contribution is -0.385. The van der Waals surface area contributed by atoms with Crippen LogP contribution in [0.1, 0.15) is 23.2 Å². The number of carbonyl (C=O) groups excluding carboxylic acids is 2. The van der Waals surface area contributed by atoms with E-state index in [0.717, 1.165) is 37.3 Å². The van der Waals surface area contributed by atoms with Gasteiger partial charge < -0.3 is 20.7 Å². The number of ether oxygens (including phenoxy) is 1. The summed E-state index contributed by atoms with van der Waals surface area (Å²) in [6, 6.07) is 8.78. The summed E-state index contributed by atoms with van der Waals surface area (Å²) in [6.07, 6.45) is 2.81. The second-order valence-electron chi connectivity index (χ2n) is 7.25. The summed E-state index contributed by atoms with van der Waals surface area (Å²) in [6.45, 7) is 1.12. The van der Waals surface area contributed by atoms with Gasteiger partial charge in [0.15, 0.2) is 9.84 Å². The third-order valence-electron chi connectivity index (χ3n) is 4.71. The number of amides is 3. The van der Waals surface area contributed by atoms with Crippen LogP contribution in [0.4, 0.5) is 21.9 Å². The Hall–Kier alpha value is -3.51. The van der Waals surface area contributed by atoms with Crippen molar-refractivity contribution in [1.82, 2.24) is 5.32 Å². The van der Waals surface area contributed by atoms with E-state index >= 15 is 0 Å². The fraction of sp³-hybridized carbons (Fsp3) is 0.300. The number of non-ortho nitro benzene ring substituents is 1. The molecule has 0 saturated carbocycles. The van der Waals surface area contributed by atoms with E-state index in [1.54, 1.807) is 12.1 Å². The summed E-state index contributed by atoms with van der Waals surface area (Å²) in [7, 11) is -3.75. The molecule has 170 valence electrons. The van der Waals surface area contributed by atoms with E-state index < -0.39 is 26.4 Å². The van der Waals surface area contributed by atoms with Crippen LogP contribution in [-0.2, 0) is 14.6 Å².